The monoisotopic (exact) mass is 721 g/mol. The van der Waals surface area contributed by atoms with Crippen molar-refractivity contribution in [2.24, 2.45) is 5.92 Å². The summed E-state index contributed by atoms with van der Waals surface area (Å²) < 4.78 is 18.0. The van der Waals surface area contributed by atoms with Crippen LogP contribution in [0.2, 0.25) is 0 Å². The van der Waals surface area contributed by atoms with Crippen molar-refractivity contribution in [3.8, 4) is 23.0 Å². The van der Waals surface area contributed by atoms with E-state index in [0.29, 0.717) is 52.8 Å². The van der Waals surface area contributed by atoms with E-state index in [2.05, 4.69) is 51.4 Å². The fraction of sp³-hybridized carbons (Fsp3) is 0.256. The van der Waals surface area contributed by atoms with Crippen molar-refractivity contribution < 1.29 is 4.39 Å². The average Bonchev–Trinajstić information content (AvgIpc) is 4.04. The van der Waals surface area contributed by atoms with Crippen molar-refractivity contribution in [1.82, 2.24) is 54.2 Å². The summed E-state index contributed by atoms with van der Waals surface area (Å²) in [6, 6.07) is 17.6. The summed E-state index contributed by atoms with van der Waals surface area (Å²) in [4.78, 5) is 45.5. The number of nitrogens with zero attached hydrogens (tertiary/aromatic N) is 10. The van der Waals surface area contributed by atoms with Crippen LogP contribution in [0.1, 0.15) is 63.4 Å². The van der Waals surface area contributed by atoms with E-state index in [0.717, 1.165) is 22.3 Å². The summed E-state index contributed by atoms with van der Waals surface area (Å²) in [5, 5.41) is 18.0. The smallest absolute Gasteiger partial charge is 0.269 e. The van der Waals surface area contributed by atoms with Crippen LogP contribution in [-0.4, -0.2) is 54.2 Å². The van der Waals surface area contributed by atoms with Gasteiger partial charge in [-0.3, -0.25) is 14.0 Å². The zero-order valence-electron chi connectivity index (χ0n) is 29.4. The Morgan fingerprint density at radius 1 is 1.00 bits per heavy atom. The molecular formula is C39H36FN13O. The lowest BCUT2D eigenvalue weighted by molar-refractivity contribution is 0.315. The van der Waals surface area contributed by atoms with Gasteiger partial charge in [-0.2, -0.15) is 10.4 Å². The molecule has 1 fully saturated rings. The summed E-state index contributed by atoms with van der Waals surface area (Å²) in [5.41, 5.74) is 4.31. The second-order valence-corrected chi connectivity index (χ2v) is 13.2. The van der Waals surface area contributed by atoms with E-state index in [9.17, 15) is 14.4 Å². The van der Waals surface area contributed by atoms with Gasteiger partial charge >= 0.3 is 0 Å². The topological polar surface area (TPSA) is 185 Å². The van der Waals surface area contributed by atoms with Gasteiger partial charge in [-0.15, -0.1) is 0 Å². The zero-order chi connectivity index (χ0) is 37.0. The maximum absolute atomic E-state index is 14.5. The summed E-state index contributed by atoms with van der Waals surface area (Å²) in [6.45, 7) is 1.97. The molecule has 0 aliphatic heterocycles. The molecule has 0 radical (unpaired) electrons. The van der Waals surface area contributed by atoms with Crippen molar-refractivity contribution >= 4 is 38.9 Å². The molecule has 14 nitrogen and oxygen atoms in total. The number of H-pyrrole nitrogens is 2. The fourth-order valence-corrected chi connectivity index (χ4v) is 7.31. The molecule has 0 unspecified atom stereocenters. The van der Waals surface area contributed by atoms with E-state index >= 15 is 0 Å². The Bertz CT molecular complexity index is 2650. The third-order valence-electron chi connectivity index (χ3n) is 9.95. The molecule has 3 N–H and O–H groups in total. The Morgan fingerprint density at radius 2 is 1.83 bits per heavy atom. The number of fused-ring (bicyclic) bond motifs is 3. The molecule has 1 saturated carbocycles. The SMILES string of the molecule is CC[C@H](Nc1ncnc2nc[nH]c12)c1nc2cccc(F)c2c(=O)n1-c1ccccc1.N#CC[C@H](C1CCCC1)n1cc(-c2ncnc3[nH]ccc23)cn1. The Hall–Kier alpha value is -6.82. The molecule has 270 valence electrons. The lowest BCUT2D eigenvalue weighted by Gasteiger charge is -2.22. The number of hydrogen-bond acceptors (Lipinski definition) is 10. The number of benzene rings is 2. The van der Waals surface area contributed by atoms with Gasteiger partial charge in [-0.1, -0.05) is 44.0 Å². The van der Waals surface area contributed by atoms with E-state index in [1.807, 2.05) is 54.5 Å². The molecule has 1 aliphatic rings. The molecule has 1 aliphatic carbocycles. The number of rotatable bonds is 9. The number of halogens is 1. The van der Waals surface area contributed by atoms with Crippen LogP contribution in [0.3, 0.4) is 0 Å². The first-order valence-electron chi connectivity index (χ1n) is 17.9. The van der Waals surface area contributed by atoms with Gasteiger partial charge in [0.05, 0.1) is 54.0 Å². The van der Waals surface area contributed by atoms with Gasteiger partial charge in [-0.05, 0) is 55.5 Å². The maximum atomic E-state index is 14.5. The first-order chi connectivity index (χ1) is 26.5. The lowest BCUT2D eigenvalue weighted by atomic mass is 9.96. The number of nitrogens with one attached hydrogen (secondary N) is 3. The predicted octanol–water partition coefficient (Wildman–Crippen LogP) is 7.22. The van der Waals surface area contributed by atoms with Crippen LogP contribution in [0.5, 0.6) is 0 Å². The normalized spacial score (nSPS) is 14.2. The van der Waals surface area contributed by atoms with Crippen LogP contribution in [0, 0.1) is 23.1 Å². The molecule has 0 spiro atoms. The molecule has 6 aromatic heterocycles. The summed E-state index contributed by atoms with van der Waals surface area (Å²) >= 11 is 0. The second-order valence-electron chi connectivity index (χ2n) is 13.2. The molecule has 54 heavy (non-hydrogen) atoms. The van der Waals surface area contributed by atoms with Crippen LogP contribution in [-0.2, 0) is 0 Å². The predicted molar refractivity (Wildman–Crippen MR) is 202 cm³/mol. The molecular weight excluding hydrogens is 686 g/mol. The minimum atomic E-state index is -0.595. The van der Waals surface area contributed by atoms with Crippen molar-refractivity contribution in [3.63, 3.8) is 0 Å². The van der Waals surface area contributed by atoms with Crippen LogP contribution >= 0.6 is 0 Å². The highest BCUT2D eigenvalue weighted by atomic mass is 19.1. The summed E-state index contributed by atoms with van der Waals surface area (Å²) in [7, 11) is 0. The maximum Gasteiger partial charge on any atom is 0.269 e. The van der Waals surface area contributed by atoms with Crippen molar-refractivity contribution in [2.45, 2.75) is 57.5 Å². The molecule has 9 rings (SSSR count). The Labute approximate surface area is 308 Å². The van der Waals surface area contributed by atoms with Crippen LogP contribution in [0.25, 0.3) is 50.0 Å². The fourth-order valence-electron chi connectivity index (χ4n) is 7.31. The van der Waals surface area contributed by atoms with Gasteiger partial charge in [0.15, 0.2) is 11.5 Å². The number of para-hydroxylation sites is 1. The van der Waals surface area contributed by atoms with E-state index in [-0.39, 0.29) is 17.5 Å². The quantitative estimate of drug-likeness (QED) is 0.137. The molecule has 0 amide bonds. The number of hydrogen-bond donors (Lipinski definition) is 3. The Morgan fingerprint density at radius 3 is 2.65 bits per heavy atom. The van der Waals surface area contributed by atoms with Gasteiger partial charge in [0.25, 0.3) is 5.56 Å². The van der Waals surface area contributed by atoms with Gasteiger partial charge in [0.2, 0.25) is 0 Å². The second kappa shape index (κ2) is 15.0. The van der Waals surface area contributed by atoms with Gasteiger partial charge in [0, 0.05) is 23.3 Å². The van der Waals surface area contributed by atoms with E-state index in [1.165, 1.54) is 42.6 Å². The molecule has 0 bridgehead atoms. The van der Waals surface area contributed by atoms with Gasteiger partial charge in [0.1, 0.15) is 40.8 Å². The van der Waals surface area contributed by atoms with Crippen molar-refractivity contribution in [3.05, 3.63) is 114 Å². The van der Waals surface area contributed by atoms with Crippen molar-refractivity contribution in [2.75, 3.05) is 5.32 Å². The van der Waals surface area contributed by atoms with Crippen LogP contribution in [0.15, 0.2) is 97.0 Å². The first-order valence-corrected chi connectivity index (χ1v) is 17.9. The van der Waals surface area contributed by atoms with E-state index in [4.69, 9.17) is 4.98 Å². The highest BCUT2D eigenvalue weighted by molar-refractivity contribution is 5.90. The van der Waals surface area contributed by atoms with Crippen molar-refractivity contribution in [1.29, 1.82) is 5.26 Å². The summed E-state index contributed by atoms with van der Waals surface area (Å²) in [5.74, 6) is 0.966. The number of anilines is 1. The zero-order valence-corrected chi connectivity index (χ0v) is 29.4. The Balaban J connectivity index is 0.000000160. The standard InChI is InChI=1S/C22H18FN7O.C17H18N6/c1-2-15(28-20-18-19(25-11-24-18)26-12-27-20)21-29-16-10-6-9-14(23)17(16)22(31)30(21)13-7-4-3-5-8-13;18-7-5-15(12-3-1-2-4-12)23-10-13(9-22-23)16-14-6-8-19-17(14)21-11-20-16/h3-12,15H,2H2,1H3,(H2,24,25,26,27,28);6,8-12,15H,1-5H2,(H,19,20,21)/t2*15-/m01/s1. The Kier molecular flexibility index (Phi) is 9.54. The number of nitriles is 1. The molecule has 8 aromatic rings. The molecule has 15 heteroatoms. The lowest BCUT2D eigenvalue weighted by Crippen LogP contribution is -2.28. The third-order valence-corrected chi connectivity index (χ3v) is 9.95. The molecule has 2 aromatic carbocycles. The largest absolute Gasteiger partial charge is 0.358 e. The average molecular weight is 722 g/mol. The number of imidazole rings is 1. The minimum Gasteiger partial charge on any atom is -0.358 e. The minimum absolute atomic E-state index is 0.0389. The highest BCUT2D eigenvalue weighted by Crippen LogP contribution is 2.37. The van der Waals surface area contributed by atoms with Gasteiger partial charge in [-0.25, -0.2) is 34.3 Å². The third kappa shape index (κ3) is 6.53. The number of aromatic nitrogens is 11. The van der Waals surface area contributed by atoms with E-state index in [1.54, 1.807) is 36.9 Å². The van der Waals surface area contributed by atoms with Crippen LogP contribution in [0.4, 0.5) is 10.2 Å². The van der Waals surface area contributed by atoms with Gasteiger partial charge < -0.3 is 15.3 Å². The van der Waals surface area contributed by atoms with Crippen LogP contribution < -0.4 is 10.9 Å². The first kappa shape index (κ1) is 34.3. The molecule has 2 atom stereocenters. The molecule has 6 heterocycles. The van der Waals surface area contributed by atoms with E-state index < -0.39 is 11.4 Å². The number of aromatic amines is 2. The highest BCUT2D eigenvalue weighted by Gasteiger charge is 2.27. The molecule has 0 saturated heterocycles. The summed E-state index contributed by atoms with van der Waals surface area (Å²) in [6.07, 6.45) is 16.3.